The molecular formula is C14H30N. The average Bonchev–Trinajstić information content (AvgIpc) is 2.22. The van der Waals surface area contributed by atoms with Crippen LogP contribution < -0.4 is 5.73 Å². The Bertz CT molecular complexity index is 112. The highest BCUT2D eigenvalue weighted by molar-refractivity contribution is 4.59. The second-order valence-corrected chi connectivity index (χ2v) is 4.75. The number of hydrogen-bond donors (Lipinski definition) is 0. The van der Waals surface area contributed by atoms with Crippen molar-refractivity contribution in [2.24, 2.45) is 0 Å². The number of rotatable bonds is 11. The molecule has 0 aliphatic heterocycles. The predicted molar refractivity (Wildman–Crippen MR) is 69.0 cm³/mol. The maximum Gasteiger partial charge on any atom is 0.0212 e. The zero-order chi connectivity index (χ0) is 11.4. The zero-order valence-electron chi connectivity index (χ0n) is 10.9. The summed E-state index contributed by atoms with van der Waals surface area (Å²) >= 11 is 0. The fourth-order valence-electron chi connectivity index (χ4n) is 2.02. The van der Waals surface area contributed by atoms with Crippen LogP contribution in [0, 0.1) is 0 Å². The van der Waals surface area contributed by atoms with E-state index in [1.165, 1.54) is 57.8 Å². The van der Waals surface area contributed by atoms with E-state index >= 15 is 0 Å². The molecule has 0 rings (SSSR count). The van der Waals surface area contributed by atoms with Crippen LogP contribution in [0.4, 0.5) is 0 Å². The highest BCUT2D eigenvalue weighted by atomic mass is 14.6. The summed E-state index contributed by atoms with van der Waals surface area (Å²) in [5, 5.41) is 0. The van der Waals surface area contributed by atoms with Crippen molar-refractivity contribution in [2.45, 2.75) is 90.5 Å². The lowest BCUT2D eigenvalue weighted by Gasteiger charge is -2.08. The van der Waals surface area contributed by atoms with Crippen LogP contribution in [-0.4, -0.2) is 6.04 Å². The molecule has 1 radical (unpaired) electrons. The maximum atomic E-state index is 7.74. The van der Waals surface area contributed by atoms with E-state index in [1.54, 1.807) is 0 Å². The molecule has 0 saturated heterocycles. The monoisotopic (exact) mass is 212 g/mol. The molecule has 0 aromatic rings. The highest BCUT2D eigenvalue weighted by Crippen LogP contribution is 2.11. The van der Waals surface area contributed by atoms with Crippen molar-refractivity contribution >= 4 is 0 Å². The summed E-state index contributed by atoms with van der Waals surface area (Å²) in [5.41, 5.74) is 7.74. The molecule has 1 heteroatoms. The number of hydrogen-bond acceptors (Lipinski definition) is 0. The van der Waals surface area contributed by atoms with E-state index in [1.807, 2.05) is 0 Å². The predicted octanol–water partition coefficient (Wildman–Crippen LogP) is 4.97. The molecule has 0 fully saturated rings. The molecule has 1 unspecified atom stereocenters. The van der Waals surface area contributed by atoms with Crippen LogP contribution in [0.5, 0.6) is 0 Å². The third-order valence-electron chi connectivity index (χ3n) is 3.04. The van der Waals surface area contributed by atoms with Gasteiger partial charge in [0.25, 0.3) is 0 Å². The van der Waals surface area contributed by atoms with Crippen LogP contribution >= 0.6 is 0 Å². The van der Waals surface area contributed by atoms with Gasteiger partial charge in [-0.1, -0.05) is 71.6 Å². The van der Waals surface area contributed by atoms with Gasteiger partial charge in [0.05, 0.1) is 0 Å². The van der Waals surface area contributed by atoms with Gasteiger partial charge >= 0.3 is 0 Å². The highest BCUT2D eigenvalue weighted by Gasteiger charge is 2.00. The molecule has 0 aliphatic carbocycles. The summed E-state index contributed by atoms with van der Waals surface area (Å²) in [6.45, 7) is 4.44. The molecule has 0 aliphatic rings. The Hall–Kier alpha value is -0.0400. The van der Waals surface area contributed by atoms with Gasteiger partial charge in [0.15, 0.2) is 0 Å². The van der Waals surface area contributed by atoms with Crippen LogP contribution in [0.2, 0.25) is 0 Å². The first-order chi connectivity index (χ1) is 7.31. The molecule has 1 atom stereocenters. The SMILES string of the molecule is CCCCCCCCCCC([NH])CCC. The summed E-state index contributed by atoms with van der Waals surface area (Å²) in [5.74, 6) is 0. The summed E-state index contributed by atoms with van der Waals surface area (Å²) in [7, 11) is 0. The Labute approximate surface area is 96.8 Å². The maximum absolute atomic E-state index is 7.74. The van der Waals surface area contributed by atoms with Crippen LogP contribution in [0.3, 0.4) is 0 Å². The van der Waals surface area contributed by atoms with Crippen LogP contribution in [-0.2, 0) is 0 Å². The molecule has 15 heavy (non-hydrogen) atoms. The minimum atomic E-state index is 0.218. The van der Waals surface area contributed by atoms with Crippen molar-refractivity contribution in [1.29, 1.82) is 0 Å². The molecule has 0 amide bonds. The first kappa shape index (κ1) is 15.0. The molecule has 1 N–H and O–H groups in total. The van der Waals surface area contributed by atoms with Gasteiger partial charge in [-0.15, -0.1) is 0 Å². The zero-order valence-corrected chi connectivity index (χ0v) is 10.9. The lowest BCUT2D eigenvalue weighted by atomic mass is 10.0. The van der Waals surface area contributed by atoms with E-state index in [-0.39, 0.29) is 6.04 Å². The molecule has 1 nitrogen and oxygen atoms in total. The normalized spacial score (nSPS) is 13.0. The number of unbranched alkanes of at least 4 members (excludes halogenated alkanes) is 7. The van der Waals surface area contributed by atoms with E-state index in [9.17, 15) is 0 Å². The summed E-state index contributed by atoms with van der Waals surface area (Å²) in [6.07, 6.45) is 14.4. The fourth-order valence-corrected chi connectivity index (χ4v) is 2.02. The third kappa shape index (κ3) is 11.9. The Balaban J connectivity index is 2.98. The van der Waals surface area contributed by atoms with E-state index in [2.05, 4.69) is 13.8 Å². The van der Waals surface area contributed by atoms with Gasteiger partial charge < -0.3 is 0 Å². The van der Waals surface area contributed by atoms with Crippen LogP contribution in [0.15, 0.2) is 0 Å². The minimum Gasteiger partial charge on any atom is -0.255 e. The molecule has 91 valence electrons. The molecule has 0 aromatic carbocycles. The van der Waals surface area contributed by atoms with E-state index in [4.69, 9.17) is 5.73 Å². The first-order valence-corrected chi connectivity index (χ1v) is 7.02. The summed E-state index contributed by atoms with van der Waals surface area (Å²) < 4.78 is 0. The van der Waals surface area contributed by atoms with E-state index < -0.39 is 0 Å². The van der Waals surface area contributed by atoms with E-state index in [0.717, 1.165) is 12.8 Å². The van der Waals surface area contributed by atoms with Crippen molar-refractivity contribution < 1.29 is 0 Å². The standard InChI is InChI=1S/C14H30N/c1-3-5-6-7-8-9-10-11-13-14(15)12-4-2/h14-15H,3-13H2,1-2H3. The molecular weight excluding hydrogens is 182 g/mol. The quantitative estimate of drug-likeness (QED) is 0.432. The second kappa shape index (κ2) is 12.0. The van der Waals surface area contributed by atoms with Gasteiger partial charge in [-0.2, -0.15) is 0 Å². The van der Waals surface area contributed by atoms with Gasteiger partial charge in [-0.25, -0.2) is 0 Å². The second-order valence-electron chi connectivity index (χ2n) is 4.75. The molecule has 0 heterocycles. The fraction of sp³-hybridized carbons (Fsp3) is 1.00. The van der Waals surface area contributed by atoms with Gasteiger partial charge in [-0.05, 0) is 12.8 Å². The van der Waals surface area contributed by atoms with Crippen molar-refractivity contribution in [2.75, 3.05) is 0 Å². The summed E-state index contributed by atoms with van der Waals surface area (Å²) in [4.78, 5) is 0. The minimum absolute atomic E-state index is 0.218. The van der Waals surface area contributed by atoms with Crippen molar-refractivity contribution in [1.82, 2.24) is 5.73 Å². The number of nitrogens with one attached hydrogen (secondary N) is 1. The Morgan fingerprint density at radius 1 is 0.667 bits per heavy atom. The van der Waals surface area contributed by atoms with Crippen molar-refractivity contribution in [3.63, 3.8) is 0 Å². The summed E-state index contributed by atoms with van der Waals surface area (Å²) in [6, 6.07) is 0.218. The lowest BCUT2D eigenvalue weighted by molar-refractivity contribution is 0.496. The third-order valence-corrected chi connectivity index (χ3v) is 3.04. The van der Waals surface area contributed by atoms with Crippen molar-refractivity contribution in [3.05, 3.63) is 0 Å². The molecule has 0 bridgehead atoms. The Morgan fingerprint density at radius 2 is 1.20 bits per heavy atom. The molecule has 0 saturated carbocycles. The Kier molecular flexibility index (Phi) is 12.0. The lowest BCUT2D eigenvalue weighted by Crippen LogP contribution is -2.07. The molecule has 0 spiro atoms. The van der Waals surface area contributed by atoms with Gasteiger partial charge in [0.2, 0.25) is 0 Å². The van der Waals surface area contributed by atoms with Gasteiger partial charge in [0, 0.05) is 6.04 Å². The van der Waals surface area contributed by atoms with Gasteiger partial charge in [-0.3, -0.25) is 5.73 Å². The van der Waals surface area contributed by atoms with Crippen molar-refractivity contribution in [3.8, 4) is 0 Å². The molecule has 0 aromatic heterocycles. The Morgan fingerprint density at radius 3 is 1.73 bits per heavy atom. The van der Waals surface area contributed by atoms with Gasteiger partial charge in [0.1, 0.15) is 0 Å². The van der Waals surface area contributed by atoms with Crippen LogP contribution in [0.1, 0.15) is 84.5 Å². The largest absolute Gasteiger partial charge is 0.255 e. The van der Waals surface area contributed by atoms with E-state index in [0.29, 0.717) is 0 Å². The topological polar surface area (TPSA) is 23.8 Å². The first-order valence-electron chi connectivity index (χ1n) is 7.02. The smallest absolute Gasteiger partial charge is 0.0212 e. The van der Waals surface area contributed by atoms with Crippen LogP contribution in [0.25, 0.3) is 0 Å². The average molecular weight is 212 g/mol.